The fourth-order valence-electron chi connectivity index (χ4n) is 3.00. The Morgan fingerprint density at radius 2 is 1.96 bits per heavy atom. The number of para-hydroxylation sites is 2. The Hall–Kier alpha value is -3.39. The molecule has 4 rings (SSSR count). The monoisotopic (exact) mass is 394 g/mol. The number of thiophene rings is 1. The summed E-state index contributed by atoms with van der Waals surface area (Å²) in [6.07, 6.45) is 1.44. The van der Waals surface area contributed by atoms with Crippen molar-refractivity contribution in [2.75, 3.05) is 10.6 Å². The van der Waals surface area contributed by atoms with Crippen LogP contribution >= 0.6 is 11.3 Å². The molecule has 7 nitrogen and oxygen atoms in total. The SMILES string of the molecule is CCn1c(NC(=O)c2sc(NC(=O)c3ccco3)cc2C)nc2ccccc21. The van der Waals surface area contributed by atoms with E-state index in [1.54, 1.807) is 18.2 Å². The first-order valence-corrected chi connectivity index (χ1v) is 9.60. The molecule has 28 heavy (non-hydrogen) atoms. The Labute approximate surface area is 165 Å². The number of fused-ring (bicyclic) bond motifs is 1. The quantitative estimate of drug-likeness (QED) is 0.521. The zero-order chi connectivity index (χ0) is 19.7. The number of carbonyl (C=O) groups excluding carboxylic acids is 2. The predicted octanol–water partition coefficient (Wildman–Crippen LogP) is 4.52. The number of anilines is 2. The Morgan fingerprint density at radius 3 is 2.71 bits per heavy atom. The van der Waals surface area contributed by atoms with Gasteiger partial charge in [0.25, 0.3) is 11.8 Å². The third kappa shape index (κ3) is 3.29. The highest BCUT2D eigenvalue weighted by atomic mass is 32.1. The lowest BCUT2D eigenvalue weighted by molar-refractivity contribution is 0.0995. The summed E-state index contributed by atoms with van der Waals surface area (Å²) in [5.74, 6) is 0.105. The maximum atomic E-state index is 12.8. The molecule has 3 aromatic heterocycles. The van der Waals surface area contributed by atoms with Gasteiger partial charge >= 0.3 is 0 Å². The third-order valence-electron chi connectivity index (χ3n) is 4.30. The van der Waals surface area contributed by atoms with Crippen molar-refractivity contribution in [1.29, 1.82) is 0 Å². The topological polar surface area (TPSA) is 89.2 Å². The van der Waals surface area contributed by atoms with Gasteiger partial charge in [-0.3, -0.25) is 14.9 Å². The number of carbonyl (C=O) groups is 2. The van der Waals surface area contributed by atoms with E-state index < -0.39 is 0 Å². The molecule has 0 radical (unpaired) electrons. The molecule has 2 amide bonds. The van der Waals surface area contributed by atoms with Gasteiger partial charge in [0.15, 0.2) is 5.76 Å². The minimum Gasteiger partial charge on any atom is -0.459 e. The summed E-state index contributed by atoms with van der Waals surface area (Å²) in [5.41, 5.74) is 2.57. The van der Waals surface area contributed by atoms with Gasteiger partial charge in [-0.1, -0.05) is 12.1 Å². The highest BCUT2D eigenvalue weighted by Crippen LogP contribution is 2.28. The van der Waals surface area contributed by atoms with E-state index in [2.05, 4.69) is 15.6 Å². The standard InChI is InChI=1S/C20H18N4O3S/c1-3-24-14-8-5-4-7-13(14)21-20(24)23-19(26)17-12(2)11-16(28-17)22-18(25)15-9-6-10-27-15/h4-11H,3H2,1-2H3,(H,22,25)(H,21,23,26). The average Bonchev–Trinajstić information content (AvgIpc) is 3.39. The Balaban J connectivity index is 1.56. The van der Waals surface area contributed by atoms with Gasteiger partial charge in [0, 0.05) is 6.54 Å². The molecule has 0 atom stereocenters. The molecule has 0 unspecified atom stereocenters. The first-order chi connectivity index (χ1) is 13.6. The molecule has 8 heteroatoms. The first-order valence-electron chi connectivity index (χ1n) is 8.78. The summed E-state index contributed by atoms with van der Waals surface area (Å²) in [4.78, 5) is 30.0. The van der Waals surface area contributed by atoms with E-state index in [9.17, 15) is 9.59 Å². The van der Waals surface area contributed by atoms with E-state index in [4.69, 9.17) is 4.42 Å². The molecule has 0 spiro atoms. The molecule has 0 bridgehead atoms. The maximum Gasteiger partial charge on any atom is 0.291 e. The lowest BCUT2D eigenvalue weighted by Gasteiger charge is -2.07. The van der Waals surface area contributed by atoms with Gasteiger partial charge in [-0.25, -0.2) is 4.98 Å². The van der Waals surface area contributed by atoms with Gasteiger partial charge in [0.1, 0.15) is 0 Å². The van der Waals surface area contributed by atoms with Crippen molar-refractivity contribution in [3.05, 3.63) is 64.9 Å². The van der Waals surface area contributed by atoms with Gasteiger partial charge in [-0.05, 0) is 49.7 Å². The van der Waals surface area contributed by atoms with Crippen LogP contribution in [0.3, 0.4) is 0 Å². The van der Waals surface area contributed by atoms with Crippen molar-refractivity contribution >= 4 is 45.1 Å². The largest absolute Gasteiger partial charge is 0.459 e. The second-order valence-electron chi connectivity index (χ2n) is 6.18. The summed E-state index contributed by atoms with van der Waals surface area (Å²) < 4.78 is 7.04. The molecule has 142 valence electrons. The summed E-state index contributed by atoms with van der Waals surface area (Å²) in [6, 6.07) is 12.7. The molecule has 4 aromatic rings. The van der Waals surface area contributed by atoms with E-state index in [1.807, 2.05) is 42.7 Å². The normalized spacial score (nSPS) is 10.9. The number of furan rings is 1. The summed E-state index contributed by atoms with van der Waals surface area (Å²) >= 11 is 1.21. The first kappa shape index (κ1) is 18.0. The smallest absolute Gasteiger partial charge is 0.291 e. The van der Waals surface area contributed by atoms with Gasteiger partial charge in [0.2, 0.25) is 5.95 Å². The van der Waals surface area contributed by atoms with Crippen LogP contribution < -0.4 is 10.6 Å². The second kappa shape index (κ2) is 7.32. The van der Waals surface area contributed by atoms with Crippen LogP contribution in [-0.4, -0.2) is 21.4 Å². The number of imidazole rings is 1. The number of nitrogens with one attached hydrogen (secondary N) is 2. The van der Waals surface area contributed by atoms with E-state index >= 15 is 0 Å². The van der Waals surface area contributed by atoms with Crippen LogP contribution in [0.5, 0.6) is 0 Å². The number of benzene rings is 1. The predicted molar refractivity (Wildman–Crippen MR) is 109 cm³/mol. The lowest BCUT2D eigenvalue weighted by Crippen LogP contribution is -2.15. The molecule has 0 saturated carbocycles. The van der Waals surface area contributed by atoms with Crippen LogP contribution in [-0.2, 0) is 6.54 Å². The zero-order valence-corrected chi connectivity index (χ0v) is 16.2. The Bertz CT molecular complexity index is 1160. The molecule has 0 aliphatic carbocycles. The molecule has 2 N–H and O–H groups in total. The van der Waals surface area contributed by atoms with Gasteiger partial charge in [-0.15, -0.1) is 11.3 Å². The lowest BCUT2D eigenvalue weighted by atomic mass is 10.3. The van der Waals surface area contributed by atoms with E-state index in [-0.39, 0.29) is 17.6 Å². The van der Waals surface area contributed by atoms with Gasteiger partial charge in [0.05, 0.1) is 27.2 Å². The Kier molecular flexibility index (Phi) is 4.70. The van der Waals surface area contributed by atoms with Crippen molar-refractivity contribution in [1.82, 2.24) is 9.55 Å². The van der Waals surface area contributed by atoms with Crippen LogP contribution in [0.4, 0.5) is 10.9 Å². The highest BCUT2D eigenvalue weighted by Gasteiger charge is 2.19. The van der Waals surface area contributed by atoms with Crippen LogP contribution in [0.25, 0.3) is 11.0 Å². The summed E-state index contributed by atoms with van der Waals surface area (Å²) in [5, 5.41) is 6.22. The zero-order valence-electron chi connectivity index (χ0n) is 15.4. The molecule has 0 fully saturated rings. The molecule has 0 saturated heterocycles. The molecular formula is C20H18N4O3S. The van der Waals surface area contributed by atoms with Crippen molar-refractivity contribution in [2.45, 2.75) is 20.4 Å². The summed E-state index contributed by atoms with van der Waals surface area (Å²) in [6.45, 7) is 4.52. The molecular weight excluding hydrogens is 376 g/mol. The van der Waals surface area contributed by atoms with E-state index in [1.165, 1.54) is 17.6 Å². The maximum absolute atomic E-state index is 12.8. The fourth-order valence-corrected chi connectivity index (χ4v) is 3.96. The number of rotatable bonds is 5. The number of amides is 2. The number of hydrogen-bond acceptors (Lipinski definition) is 5. The van der Waals surface area contributed by atoms with Crippen LogP contribution in [0, 0.1) is 6.92 Å². The van der Waals surface area contributed by atoms with Crippen LogP contribution in [0.1, 0.15) is 32.7 Å². The van der Waals surface area contributed by atoms with Gasteiger partial charge < -0.3 is 14.3 Å². The minimum atomic E-state index is -0.356. The number of aromatic nitrogens is 2. The Morgan fingerprint density at radius 1 is 1.14 bits per heavy atom. The van der Waals surface area contributed by atoms with Crippen molar-refractivity contribution in [3.63, 3.8) is 0 Å². The highest BCUT2D eigenvalue weighted by molar-refractivity contribution is 7.18. The number of aryl methyl sites for hydroxylation is 2. The minimum absolute atomic E-state index is 0.216. The van der Waals surface area contributed by atoms with Crippen molar-refractivity contribution in [3.8, 4) is 0 Å². The van der Waals surface area contributed by atoms with Crippen LogP contribution in [0.15, 0.2) is 53.1 Å². The summed E-state index contributed by atoms with van der Waals surface area (Å²) in [7, 11) is 0. The van der Waals surface area contributed by atoms with Crippen LogP contribution in [0.2, 0.25) is 0 Å². The fraction of sp³-hybridized carbons (Fsp3) is 0.150. The van der Waals surface area contributed by atoms with E-state index in [0.29, 0.717) is 22.4 Å². The number of nitrogens with zero attached hydrogens (tertiary/aromatic N) is 2. The molecule has 3 heterocycles. The second-order valence-corrected chi connectivity index (χ2v) is 7.23. The molecule has 0 aliphatic rings. The molecule has 1 aromatic carbocycles. The number of hydrogen-bond donors (Lipinski definition) is 2. The van der Waals surface area contributed by atoms with Crippen molar-refractivity contribution < 1.29 is 14.0 Å². The van der Waals surface area contributed by atoms with Crippen molar-refractivity contribution in [2.24, 2.45) is 0 Å². The van der Waals surface area contributed by atoms with E-state index in [0.717, 1.165) is 16.6 Å². The average molecular weight is 394 g/mol. The third-order valence-corrected chi connectivity index (χ3v) is 5.45. The molecule has 0 aliphatic heterocycles. The van der Waals surface area contributed by atoms with Gasteiger partial charge in [-0.2, -0.15) is 0 Å².